The monoisotopic (exact) mass is 174 g/mol. The van der Waals surface area contributed by atoms with E-state index in [4.69, 9.17) is 5.11 Å². The first-order chi connectivity index (χ1) is 5.49. The molecule has 0 fully saturated rings. The van der Waals surface area contributed by atoms with Crippen molar-refractivity contribution < 1.29 is 15.0 Å². The maximum atomic E-state index is 10.3. The summed E-state index contributed by atoms with van der Waals surface area (Å²) in [5.41, 5.74) is 0. The van der Waals surface area contributed by atoms with Crippen LogP contribution in [-0.2, 0) is 4.79 Å². The Morgan fingerprint density at radius 1 is 1.42 bits per heavy atom. The van der Waals surface area contributed by atoms with E-state index in [0.717, 1.165) is 6.42 Å². The van der Waals surface area contributed by atoms with Crippen molar-refractivity contribution in [3.8, 4) is 0 Å². The van der Waals surface area contributed by atoms with Crippen LogP contribution in [0.4, 0.5) is 0 Å². The largest absolute Gasteiger partial charge is 0.481 e. The van der Waals surface area contributed by atoms with Crippen LogP contribution < -0.4 is 0 Å². The van der Waals surface area contributed by atoms with Gasteiger partial charge in [-0.3, -0.25) is 4.79 Å². The Morgan fingerprint density at radius 3 is 2.25 bits per heavy atom. The summed E-state index contributed by atoms with van der Waals surface area (Å²) in [5, 5.41) is 17.8. The zero-order chi connectivity index (χ0) is 9.72. The van der Waals surface area contributed by atoms with Crippen molar-refractivity contribution in [3.63, 3.8) is 0 Å². The average molecular weight is 174 g/mol. The van der Waals surface area contributed by atoms with E-state index >= 15 is 0 Å². The number of aliphatic carboxylic acids is 1. The summed E-state index contributed by atoms with van der Waals surface area (Å²) in [5.74, 6) is -0.497. The summed E-state index contributed by atoms with van der Waals surface area (Å²) in [6.07, 6.45) is 0.112. The molecule has 0 spiro atoms. The third-order valence-electron chi connectivity index (χ3n) is 2.53. The van der Waals surface area contributed by atoms with Gasteiger partial charge in [0, 0.05) is 0 Å². The molecule has 3 atom stereocenters. The van der Waals surface area contributed by atoms with Crippen LogP contribution in [0.2, 0.25) is 0 Å². The van der Waals surface area contributed by atoms with Gasteiger partial charge in [0.15, 0.2) is 0 Å². The van der Waals surface area contributed by atoms with Gasteiger partial charge in [0.1, 0.15) is 0 Å². The van der Waals surface area contributed by atoms with E-state index in [9.17, 15) is 9.90 Å². The molecule has 0 amide bonds. The number of rotatable bonds is 5. The van der Waals surface area contributed by atoms with E-state index in [1.807, 2.05) is 20.8 Å². The van der Waals surface area contributed by atoms with Gasteiger partial charge in [-0.2, -0.15) is 0 Å². The predicted octanol–water partition coefficient (Wildman–Crippen LogP) is 1.50. The third kappa shape index (κ3) is 3.72. The SMILES string of the molecule is CCC(C)C(C)C(O)CC(=O)O. The second-order valence-corrected chi connectivity index (χ2v) is 3.41. The summed E-state index contributed by atoms with van der Waals surface area (Å²) in [7, 11) is 0. The first-order valence-electron chi connectivity index (χ1n) is 4.38. The Bertz CT molecular complexity index is 145. The van der Waals surface area contributed by atoms with Crippen LogP contribution >= 0.6 is 0 Å². The number of hydrogen-bond donors (Lipinski definition) is 2. The molecule has 0 heterocycles. The van der Waals surface area contributed by atoms with E-state index in [2.05, 4.69) is 0 Å². The van der Waals surface area contributed by atoms with Gasteiger partial charge in [-0.1, -0.05) is 27.2 Å². The summed E-state index contributed by atoms with van der Waals surface area (Å²) in [6, 6.07) is 0. The third-order valence-corrected chi connectivity index (χ3v) is 2.53. The molecule has 12 heavy (non-hydrogen) atoms. The summed E-state index contributed by atoms with van der Waals surface area (Å²) >= 11 is 0. The highest BCUT2D eigenvalue weighted by Gasteiger charge is 2.21. The molecule has 0 aromatic rings. The number of aliphatic hydroxyl groups excluding tert-OH is 1. The van der Waals surface area contributed by atoms with Crippen LogP contribution in [0.5, 0.6) is 0 Å². The fraction of sp³-hybridized carbons (Fsp3) is 0.889. The van der Waals surface area contributed by atoms with Gasteiger partial charge in [0.2, 0.25) is 0 Å². The van der Waals surface area contributed by atoms with Crippen molar-refractivity contribution in [3.05, 3.63) is 0 Å². The van der Waals surface area contributed by atoms with Gasteiger partial charge in [-0.05, 0) is 11.8 Å². The molecule has 0 saturated heterocycles. The average Bonchev–Trinajstić information content (AvgIpc) is 2.00. The number of carbonyl (C=O) groups is 1. The number of aliphatic hydroxyl groups is 1. The smallest absolute Gasteiger partial charge is 0.305 e. The number of carboxylic acid groups (broad SMARTS) is 1. The van der Waals surface area contributed by atoms with Crippen LogP contribution in [0.25, 0.3) is 0 Å². The van der Waals surface area contributed by atoms with Crippen molar-refractivity contribution in [2.75, 3.05) is 0 Å². The zero-order valence-corrected chi connectivity index (χ0v) is 7.95. The molecule has 0 bridgehead atoms. The molecule has 0 saturated carbocycles. The van der Waals surface area contributed by atoms with Crippen molar-refractivity contribution >= 4 is 5.97 Å². The lowest BCUT2D eigenvalue weighted by molar-refractivity contribution is -0.140. The molecule has 3 nitrogen and oxygen atoms in total. The molecule has 0 aliphatic heterocycles. The molecule has 0 aliphatic carbocycles. The maximum Gasteiger partial charge on any atom is 0.305 e. The van der Waals surface area contributed by atoms with Gasteiger partial charge < -0.3 is 10.2 Å². The molecular formula is C9H18O3. The van der Waals surface area contributed by atoms with Crippen LogP contribution in [0.3, 0.4) is 0 Å². The van der Waals surface area contributed by atoms with Crippen LogP contribution in [0, 0.1) is 11.8 Å². The summed E-state index contributed by atoms with van der Waals surface area (Å²) in [4.78, 5) is 10.3. The molecule has 0 aromatic carbocycles. The first-order valence-corrected chi connectivity index (χ1v) is 4.38. The molecule has 3 unspecified atom stereocenters. The molecule has 3 heteroatoms. The normalized spacial score (nSPS) is 18.3. The quantitative estimate of drug-likeness (QED) is 0.664. The Balaban J connectivity index is 3.91. The van der Waals surface area contributed by atoms with Gasteiger partial charge in [-0.15, -0.1) is 0 Å². The van der Waals surface area contributed by atoms with Gasteiger partial charge in [-0.25, -0.2) is 0 Å². The fourth-order valence-corrected chi connectivity index (χ4v) is 1.12. The van der Waals surface area contributed by atoms with E-state index in [1.165, 1.54) is 0 Å². The first kappa shape index (κ1) is 11.4. The minimum Gasteiger partial charge on any atom is -0.481 e. The van der Waals surface area contributed by atoms with E-state index in [1.54, 1.807) is 0 Å². The Kier molecular flexibility index (Phi) is 4.90. The molecule has 0 radical (unpaired) electrons. The van der Waals surface area contributed by atoms with E-state index in [-0.39, 0.29) is 12.3 Å². The second kappa shape index (κ2) is 5.14. The van der Waals surface area contributed by atoms with E-state index in [0.29, 0.717) is 5.92 Å². The molecule has 0 aliphatic rings. The standard InChI is InChI=1S/C9H18O3/c1-4-6(2)7(3)8(10)5-9(11)12/h6-8,10H,4-5H2,1-3H3,(H,11,12). The van der Waals surface area contributed by atoms with Crippen molar-refractivity contribution in [1.82, 2.24) is 0 Å². The van der Waals surface area contributed by atoms with Gasteiger partial charge >= 0.3 is 5.97 Å². The molecule has 72 valence electrons. The summed E-state index contributed by atoms with van der Waals surface area (Å²) < 4.78 is 0. The highest BCUT2D eigenvalue weighted by atomic mass is 16.4. The highest BCUT2D eigenvalue weighted by molar-refractivity contribution is 5.67. The van der Waals surface area contributed by atoms with Crippen molar-refractivity contribution in [2.24, 2.45) is 11.8 Å². The second-order valence-electron chi connectivity index (χ2n) is 3.41. The van der Waals surface area contributed by atoms with Crippen molar-refractivity contribution in [1.29, 1.82) is 0 Å². The van der Waals surface area contributed by atoms with Crippen molar-refractivity contribution in [2.45, 2.75) is 39.7 Å². The van der Waals surface area contributed by atoms with Crippen LogP contribution in [0.1, 0.15) is 33.6 Å². The lowest BCUT2D eigenvalue weighted by Gasteiger charge is -2.22. The molecular weight excluding hydrogens is 156 g/mol. The Labute approximate surface area is 73.4 Å². The number of carboxylic acids is 1. The minimum atomic E-state index is -0.933. The lowest BCUT2D eigenvalue weighted by Crippen LogP contribution is -2.26. The Hall–Kier alpha value is -0.570. The Morgan fingerprint density at radius 2 is 1.92 bits per heavy atom. The molecule has 2 N–H and O–H groups in total. The zero-order valence-electron chi connectivity index (χ0n) is 7.95. The van der Waals surface area contributed by atoms with Gasteiger partial charge in [0.05, 0.1) is 12.5 Å². The topological polar surface area (TPSA) is 57.5 Å². The molecule has 0 aromatic heterocycles. The maximum absolute atomic E-state index is 10.3. The van der Waals surface area contributed by atoms with Gasteiger partial charge in [0.25, 0.3) is 0 Å². The van der Waals surface area contributed by atoms with Crippen LogP contribution in [-0.4, -0.2) is 22.3 Å². The summed E-state index contributed by atoms with van der Waals surface area (Å²) in [6.45, 7) is 5.95. The predicted molar refractivity (Wildman–Crippen MR) is 46.9 cm³/mol. The number of hydrogen-bond acceptors (Lipinski definition) is 2. The molecule has 0 rings (SSSR count). The van der Waals surface area contributed by atoms with E-state index < -0.39 is 12.1 Å². The highest BCUT2D eigenvalue weighted by Crippen LogP contribution is 2.19. The minimum absolute atomic E-state index is 0.0612. The van der Waals surface area contributed by atoms with Crippen LogP contribution in [0.15, 0.2) is 0 Å². The fourth-order valence-electron chi connectivity index (χ4n) is 1.12. The lowest BCUT2D eigenvalue weighted by atomic mass is 9.87.